The monoisotopic (exact) mass is 404 g/mol. The molecular formula is C19H28N6O2S. The largest absolute Gasteiger partial charge is 0.302 e. The van der Waals surface area contributed by atoms with E-state index in [1.807, 2.05) is 0 Å². The number of sulfonamides is 1. The highest BCUT2D eigenvalue weighted by molar-refractivity contribution is 7.89. The first kappa shape index (κ1) is 19.5. The fourth-order valence-electron chi connectivity index (χ4n) is 4.32. The molecule has 0 N–H and O–H groups in total. The molecule has 28 heavy (non-hydrogen) atoms. The molecule has 1 saturated heterocycles. The Hall–Kier alpha value is -1.84. The zero-order valence-electron chi connectivity index (χ0n) is 16.2. The predicted molar refractivity (Wildman–Crippen MR) is 106 cm³/mol. The lowest BCUT2D eigenvalue weighted by atomic mass is 9.89. The molecule has 1 aromatic carbocycles. The third-order valence-electron chi connectivity index (χ3n) is 5.86. The summed E-state index contributed by atoms with van der Waals surface area (Å²) in [6.45, 7) is 4.01. The maximum absolute atomic E-state index is 13.2. The van der Waals surface area contributed by atoms with Gasteiger partial charge in [-0.05, 0) is 60.4 Å². The van der Waals surface area contributed by atoms with Gasteiger partial charge in [0.15, 0.2) is 0 Å². The first-order chi connectivity index (χ1) is 13.6. The third-order valence-corrected chi connectivity index (χ3v) is 7.75. The highest BCUT2D eigenvalue weighted by Crippen LogP contribution is 2.25. The topological polar surface area (TPSA) is 84.2 Å². The molecule has 1 aliphatic heterocycles. The molecule has 2 aromatic rings. The second kappa shape index (κ2) is 8.67. The van der Waals surface area contributed by atoms with Crippen molar-refractivity contribution < 1.29 is 8.42 Å². The third kappa shape index (κ3) is 4.42. The van der Waals surface area contributed by atoms with Gasteiger partial charge in [0, 0.05) is 26.2 Å². The molecule has 0 spiro atoms. The molecule has 1 aliphatic carbocycles. The van der Waals surface area contributed by atoms with E-state index >= 15 is 0 Å². The number of tetrazole rings is 1. The average Bonchev–Trinajstić information content (AvgIpc) is 3.16. The number of aromatic nitrogens is 4. The quantitative estimate of drug-likeness (QED) is 0.757. The van der Waals surface area contributed by atoms with Gasteiger partial charge >= 0.3 is 0 Å². The predicted octanol–water partition coefficient (Wildman–Crippen LogP) is 1.94. The van der Waals surface area contributed by atoms with Crippen molar-refractivity contribution in [2.75, 3.05) is 32.7 Å². The van der Waals surface area contributed by atoms with Gasteiger partial charge in [-0.3, -0.25) is 0 Å². The van der Waals surface area contributed by atoms with Crippen LogP contribution >= 0.6 is 0 Å². The molecule has 152 valence electrons. The Morgan fingerprint density at radius 3 is 2.64 bits per heavy atom. The molecule has 2 fully saturated rings. The Bertz CT molecular complexity index is 864. The molecule has 1 aromatic heterocycles. The summed E-state index contributed by atoms with van der Waals surface area (Å²) in [5, 5.41) is 11.1. The van der Waals surface area contributed by atoms with E-state index in [2.05, 4.69) is 20.4 Å². The Morgan fingerprint density at radius 2 is 1.86 bits per heavy atom. The van der Waals surface area contributed by atoms with Gasteiger partial charge in [-0.1, -0.05) is 25.3 Å². The van der Waals surface area contributed by atoms with Crippen LogP contribution in [0.3, 0.4) is 0 Å². The minimum absolute atomic E-state index is 0.293. The van der Waals surface area contributed by atoms with E-state index in [0.717, 1.165) is 32.0 Å². The molecule has 8 nitrogen and oxygen atoms in total. The molecule has 1 saturated carbocycles. The molecule has 0 bridgehead atoms. The SMILES string of the molecule is O=S(=O)(c1cccc(-n2cnnn2)c1)N1CCCN(CC2CCCCC2)CC1. The number of nitrogens with zero attached hydrogens (tertiary/aromatic N) is 6. The van der Waals surface area contributed by atoms with Crippen molar-refractivity contribution in [3.8, 4) is 5.69 Å². The van der Waals surface area contributed by atoms with Crippen LogP contribution in [0, 0.1) is 5.92 Å². The van der Waals surface area contributed by atoms with E-state index in [9.17, 15) is 8.42 Å². The van der Waals surface area contributed by atoms with Crippen LogP contribution in [0.4, 0.5) is 0 Å². The molecule has 0 radical (unpaired) electrons. The van der Waals surface area contributed by atoms with Gasteiger partial charge in [-0.2, -0.15) is 4.31 Å². The second-order valence-corrected chi connectivity index (χ2v) is 9.75. The van der Waals surface area contributed by atoms with E-state index in [0.29, 0.717) is 23.7 Å². The van der Waals surface area contributed by atoms with Gasteiger partial charge < -0.3 is 4.90 Å². The second-order valence-electron chi connectivity index (χ2n) is 7.81. The summed E-state index contributed by atoms with van der Waals surface area (Å²) < 4.78 is 29.5. The molecule has 0 unspecified atom stereocenters. The fourth-order valence-corrected chi connectivity index (χ4v) is 5.83. The summed E-state index contributed by atoms with van der Waals surface area (Å²) in [5.74, 6) is 0.782. The summed E-state index contributed by atoms with van der Waals surface area (Å²) in [7, 11) is -3.53. The summed E-state index contributed by atoms with van der Waals surface area (Å²) >= 11 is 0. The van der Waals surface area contributed by atoms with Crippen LogP contribution in [0.2, 0.25) is 0 Å². The van der Waals surface area contributed by atoms with Crippen LogP contribution in [0.1, 0.15) is 38.5 Å². The molecule has 2 aliphatic rings. The van der Waals surface area contributed by atoms with Crippen molar-refractivity contribution in [1.29, 1.82) is 0 Å². The van der Waals surface area contributed by atoms with Crippen LogP contribution in [0.25, 0.3) is 5.69 Å². The molecule has 9 heteroatoms. The molecule has 4 rings (SSSR count). The zero-order chi connectivity index (χ0) is 19.4. The Labute approximate surface area is 166 Å². The Balaban J connectivity index is 1.44. The van der Waals surface area contributed by atoms with Gasteiger partial charge in [0.25, 0.3) is 0 Å². The maximum Gasteiger partial charge on any atom is 0.243 e. The number of rotatable bonds is 5. The Morgan fingerprint density at radius 1 is 1.00 bits per heavy atom. The van der Waals surface area contributed by atoms with Crippen LogP contribution in [-0.2, 0) is 10.0 Å². The van der Waals surface area contributed by atoms with Crippen molar-refractivity contribution in [2.24, 2.45) is 5.92 Å². The molecule has 0 amide bonds. The standard InChI is InChI=1S/C19H28N6O2S/c26-28(27,19-9-4-8-18(14-19)25-16-20-21-22-25)24-11-5-10-23(12-13-24)15-17-6-2-1-3-7-17/h4,8-9,14,16-17H,1-3,5-7,10-13,15H2. The van der Waals surface area contributed by atoms with Crippen molar-refractivity contribution in [2.45, 2.75) is 43.4 Å². The van der Waals surface area contributed by atoms with Gasteiger partial charge in [-0.15, -0.1) is 5.10 Å². The van der Waals surface area contributed by atoms with E-state index in [1.165, 1.54) is 43.1 Å². The first-order valence-corrected chi connectivity index (χ1v) is 11.6. The van der Waals surface area contributed by atoms with Crippen molar-refractivity contribution >= 4 is 10.0 Å². The highest BCUT2D eigenvalue weighted by atomic mass is 32.2. The maximum atomic E-state index is 13.2. The molecule has 2 heterocycles. The highest BCUT2D eigenvalue weighted by Gasteiger charge is 2.28. The summed E-state index contributed by atoms with van der Waals surface area (Å²) in [4.78, 5) is 2.75. The Kier molecular flexibility index (Phi) is 6.03. The van der Waals surface area contributed by atoms with Crippen LogP contribution in [0.15, 0.2) is 35.5 Å². The van der Waals surface area contributed by atoms with E-state index < -0.39 is 10.0 Å². The number of hydrogen-bond acceptors (Lipinski definition) is 6. The zero-order valence-corrected chi connectivity index (χ0v) is 17.0. The van der Waals surface area contributed by atoms with E-state index in [4.69, 9.17) is 0 Å². The average molecular weight is 405 g/mol. The van der Waals surface area contributed by atoms with Crippen LogP contribution < -0.4 is 0 Å². The minimum atomic E-state index is -3.53. The smallest absolute Gasteiger partial charge is 0.243 e. The van der Waals surface area contributed by atoms with Crippen molar-refractivity contribution in [1.82, 2.24) is 29.4 Å². The first-order valence-electron chi connectivity index (χ1n) is 10.2. The minimum Gasteiger partial charge on any atom is -0.302 e. The van der Waals surface area contributed by atoms with Crippen LogP contribution in [-0.4, -0.2) is 70.6 Å². The number of benzene rings is 1. The lowest BCUT2D eigenvalue weighted by Crippen LogP contribution is -2.36. The summed E-state index contributed by atoms with van der Waals surface area (Å²) in [6.07, 6.45) is 9.03. The van der Waals surface area contributed by atoms with Crippen molar-refractivity contribution in [3.63, 3.8) is 0 Å². The van der Waals surface area contributed by atoms with Gasteiger partial charge in [0.2, 0.25) is 10.0 Å². The fraction of sp³-hybridized carbons (Fsp3) is 0.632. The van der Waals surface area contributed by atoms with Gasteiger partial charge in [0.1, 0.15) is 6.33 Å². The van der Waals surface area contributed by atoms with Gasteiger partial charge in [0.05, 0.1) is 10.6 Å². The van der Waals surface area contributed by atoms with E-state index in [1.54, 1.807) is 28.6 Å². The normalized spacial score (nSPS) is 20.9. The van der Waals surface area contributed by atoms with E-state index in [-0.39, 0.29) is 0 Å². The summed E-state index contributed by atoms with van der Waals surface area (Å²) in [5.41, 5.74) is 0.639. The van der Waals surface area contributed by atoms with Crippen molar-refractivity contribution in [3.05, 3.63) is 30.6 Å². The lowest BCUT2D eigenvalue weighted by molar-refractivity contribution is 0.208. The van der Waals surface area contributed by atoms with Crippen LogP contribution in [0.5, 0.6) is 0 Å². The van der Waals surface area contributed by atoms with Gasteiger partial charge in [-0.25, -0.2) is 13.1 Å². The molecule has 0 atom stereocenters. The summed E-state index contributed by atoms with van der Waals surface area (Å²) in [6, 6.07) is 6.81. The molecular weight excluding hydrogens is 376 g/mol. The lowest BCUT2D eigenvalue weighted by Gasteiger charge is -2.28. The number of hydrogen-bond donors (Lipinski definition) is 0.